The van der Waals surface area contributed by atoms with E-state index < -0.39 is 5.97 Å². The highest BCUT2D eigenvalue weighted by Gasteiger charge is 2.32. The summed E-state index contributed by atoms with van der Waals surface area (Å²) >= 11 is 0. The number of hydrogen-bond acceptors (Lipinski definition) is 2. The van der Waals surface area contributed by atoms with Gasteiger partial charge in [-0.3, -0.25) is 4.79 Å². The third kappa shape index (κ3) is 3.58. The fraction of sp³-hybridized carbons (Fsp3) is 0.611. The van der Waals surface area contributed by atoms with Crippen LogP contribution in [0.15, 0.2) is 12.1 Å². The van der Waals surface area contributed by atoms with Crippen LogP contribution in [0.4, 0.5) is 0 Å². The van der Waals surface area contributed by atoms with Gasteiger partial charge in [-0.15, -0.1) is 0 Å². The number of carboxylic acids is 1. The standard InChI is InChI=1S/C18H24O3/c1-11(14-5-6-14)16-10-13(4-7-17(19)20)9-15(18(16)21)8-12-2-3-12/h9-12,14,21H,2-8H2,1H3,(H,19,20). The summed E-state index contributed by atoms with van der Waals surface area (Å²) < 4.78 is 0. The molecule has 2 saturated carbocycles. The predicted octanol–water partition coefficient (Wildman–Crippen LogP) is 3.88. The van der Waals surface area contributed by atoms with E-state index in [1.807, 2.05) is 12.1 Å². The van der Waals surface area contributed by atoms with Gasteiger partial charge in [0.05, 0.1) is 0 Å². The van der Waals surface area contributed by atoms with E-state index in [0.717, 1.165) is 29.0 Å². The van der Waals surface area contributed by atoms with Crippen LogP contribution in [0.25, 0.3) is 0 Å². The highest BCUT2D eigenvalue weighted by Crippen LogP contribution is 2.46. The summed E-state index contributed by atoms with van der Waals surface area (Å²) in [5.74, 6) is 1.51. The van der Waals surface area contributed by atoms with Gasteiger partial charge in [0.2, 0.25) is 0 Å². The van der Waals surface area contributed by atoms with Crippen molar-refractivity contribution in [1.29, 1.82) is 0 Å². The van der Waals surface area contributed by atoms with Gasteiger partial charge in [0.1, 0.15) is 5.75 Å². The molecule has 0 spiro atoms. The Labute approximate surface area is 126 Å². The smallest absolute Gasteiger partial charge is 0.303 e. The molecule has 1 atom stereocenters. The Balaban J connectivity index is 1.87. The van der Waals surface area contributed by atoms with Gasteiger partial charge in [0.25, 0.3) is 0 Å². The molecule has 2 N–H and O–H groups in total. The number of rotatable bonds is 7. The molecule has 3 rings (SSSR count). The lowest BCUT2D eigenvalue weighted by atomic mass is 9.89. The average molecular weight is 288 g/mol. The topological polar surface area (TPSA) is 57.5 Å². The van der Waals surface area contributed by atoms with Crippen molar-refractivity contribution in [3.8, 4) is 5.75 Å². The molecule has 114 valence electrons. The Kier molecular flexibility index (Phi) is 3.92. The van der Waals surface area contributed by atoms with Crippen molar-refractivity contribution in [3.63, 3.8) is 0 Å². The van der Waals surface area contributed by atoms with Crippen LogP contribution in [0.3, 0.4) is 0 Å². The summed E-state index contributed by atoms with van der Waals surface area (Å²) in [7, 11) is 0. The van der Waals surface area contributed by atoms with Crippen molar-refractivity contribution >= 4 is 5.97 Å². The van der Waals surface area contributed by atoms with Crippen molar-refractivity contribution in [2.45, 2.75) is 57.8 Å². The van der Waals surface area contributed by atoms with Crippen LogP contribution in [-0.2, 0) is 17.6 Å². The van der Waals surface area contributed by atoms with Crippen LogP contribution in [-0.4, -0.2) is 16.2 Å². The SMILES string of the molecule is CC(c1cc(CCC(=O)O)cc(CC2CC2)c1O)C1CC1. The second-order valence-corrected chi connectivity index (χ2v) is 6.86. The fourth-order valence-corrected chi connectivity index (χ4v) is 3.17. The number of hydrogen-bond donors (Lipinski definition) is 2. The van der Waals surface area contributed by atoms with Crippen molar-refractivity contribution in [1.82, 2.24) is 0 Å². The molecule has 1 aromatic rings. The molecule has 0 aromatic heterocycles. The first-order chi connectivity index (χ1) is 10.0. The molecule has 0 heterocycles. The molecule has 0 radical (unpaired) electrons. The summed E-state index contributed by atoms with van der Waals surface area (Å²) in [4.78, 5) is 10.8. The molecule has 21 heavy (non-hydrogen) atoms. The predicted molar refractivity (Wildman–Crippen MR) is 81.6 cm³/mol. The van der Waals surface area contributed by atoms with Crippen LogP contribution < -0.4 is 0 Å². The lowest BCUT2D eigenvalue weighted by Crippen LogP contribution is -2.04. The molecule has 0 saturated heterocycles. The summed E-state index contributed by atoms with van der Waals surface area (Å²) in [6.07, 6.45) is 6.66. The van der Waals surface area contributed by atoms with Gasteiger partial charge >= 0.3 is 5.97 Å². The third-order valence-electron chi connectivity index (χ3n) is 4.93. The number of carbonyl (C=O) groups is 1. The lowest BCUT2D eigenvalue weighted by Gasteiger charge is -2.18. The number of phenolic OH excluding ortho intramolecular Hbond substituents is 1. The number of aryl methyl sites for hydroxylation is 1. The molecular weight excluding hydrogens is 264 g/mol. The number of aliphatic carboxylic acids is 1. The molecule has 0 bridgehead atoms. The molecule has 2 aliphatic carbocycles. The van der Waals surface area contributed by atoms with Crippen LogP contribution in [0.1, 0.15) is 61.6 Å². The van der Waals surface area contributed by atoms with E-state index in [9.17, 15) is 9.90 Å². The lowest BCUT2D eigenvalue weighted by molar-refractivity contribution is -0.136. The number of carboxylic acid groups (broad SMARTS) is 1. The number of phenols is 1. The van der Waals surface area contributed by atoms with E-state index in [1.165, 1.54) is 25.7 Å². The number of aromatic hydroxyl groups is 1. The molecule has 1 unspecified atom stereocenters. The van der Waals surface area contributed by atoms with E-state index in [0.29, 0.717) is 24.0 Å². The maximum absolute atomic E-state index is 10.8. The zero-order valence-corrected chi connectivity index (χ0v) is 12.6. The van der Waals surface area contributed by atoms with Crippen molar-refractivity contribution in [2.24, 2.45) is 11.8 Å². The Morgan fingerprint density at radius 2 is 2.00 bits per heavy atom. The second-order valence-electron chi connectivity index (χ2n) is 6.86. The number of benzene rings is 1. The molecule has 1 aromatic carbocycles. The Morgan fingerprint density at radius 1 is 1.29 bits per heavy atom. The van der Waals surface area contributed by atoms with Crippen LogP contribution in [0, 0.1) is 11.8 Å². The summed E-state index contributed by atoms with van der Waals surface area (Å²) in [6.45, 7) is 2.19. The Morgan fingerprint density at radius 3 is 2.57 bits per heavy atom. The van der Waals surface area contributed by atoms with E-state index in [1.54, 1.807) is 0 Å². The first-order valence-electron chi connectivity index (χ1n) is 8.11. The third-order valence-corrected chi connectivity index (χ3v) is 4.93. The van der Waals surface area contributed by atoms with E-state index >= 15 is 0 Å². The van der Waals surface area contributed by atoms with Crippen LogP contribution in [0.5, 0.6) is 5.75 Å². The van der Waals surface area contributed by atoms with Crippen molar-refractivity contribution in [2.75, 3.05) is 0 Å². The first kappa shape index (κ1) is 14.4. The molecular formula is C18H24O3. The van der Waals surface area contributed by atoms with Gasteiger partial charge < -0.3 is 10.2 Å². The minimum Gasteiger partial charge on any atom is -0.507 e. The Bertz CT molecular complexity index is 542. The summed E-state index contributed by atoms with van der Waals surface area (Å²) in [5, 5.41) is 19.5. The van der Waals surface area contributed by atoms with Crippen molar-refractivity contribution in [3.05, 3.63) is 28.8 Å². The molecule has 2 aliphatic rings. The second kappa shape index (κ2) is 5.70. The Hall–Kier alpha value is -1.51. The highest BCUT2D eigenvalue weighted by atomic mass is 16.4. The minimum atomic E-state index is -0.761. The largest absolute Gasteiger partial charge is 0.507 e. The molecule has 2 fully saturated rings. The molecule has 3 heteroatoms. The average Bonchev–Trinajstić information content (AvgIpc) is 3.31. The maximum Gasteiger partial charge on any atom is 0.303 e. The van der Waals surface area contributed by atoms with Gasteiger partial charge in [0, 0.05) is 6.42 Å². The van der Waals surface area contributed by atoms with E-state index in [-0.39, 0.29) is 6.42 Å². The normalized spacial score (nSPS) is 19.5. The van der Waals surface area contributed by atoms with Gasteiger partial charge in [-0.05, 0) is 73.0 Å². The van der Waals surface area contributed by atoms with E-state index in [2.05, 4.69) is 6.92 Å². The quantitative estimate of drug-likeness (QED) is 0.800. The molecule has 0 amide bonds. The van der Waals surface area contributed by atoms with Crippen LogP contribution in [0.2, 0.25) is 0 Å². The first-order valence-corrected chi connectivity index (χ1v) is 8.11. The minimum absolute atomic E-state index is 0.158. The zero-order valence-electron chi connectivity index (χ0n) is 12.6. The van der Waals surface area contributed by atoms with Gasteiger partial charge in [-0.25, -0.2) is 0 Å². The summed E-state index contributed by atoms with van der Waals surface area (Å²) in [5.41, 5.74) is 3.13. The summed E-state index contributed by atoms with van der Waals surface area (Å²) in [6, 6.07) is 4.07. The monoisotopic (exact) mass is 288 g/mol. The highest BCUT2D eigenvalue weighted by molar-refractivity contribution is 5.67. The van der Waals surface area contributed by atoms with Crippen LogP contribution >= 0.6 is 0 Å². The van der Waals surface area contributed by atoms with Gasteiger partial charge in [-0.1, -0.05) is 19.1 Å². The molecule has 0 aliphatic heterocycles. The van der Waals surface area contributed by atoms with E-state index in [4.69, 9.17) is 5.11 Å². The fourth-order valence-electron chi connectivity index (χ4n) is 3.17. The molecule has 3 nitrogen and oxygen atoms in total. The zero-order chi connectivity index (χ0) is 15.0. The van der Waals surface area contributed by atoms with Crippen molar-refractivity contribution < 1.29 is 15.0 Å². The van der Waals surface area contributed by atoms with Gasteiger partial charge in [0.15, 0.2) is 0 Å². The maximum atomic E-state index is 10.8. The van der Waals surface area contributed by atoms with Gasteiger partial charge in [-0.2, -0.15) is 0 Å².